The first-order chi connectivity index (χ1) is 11.3. The second-order valence-corrected chi connectivity index (χ2v) is 5.90. The lowest BCUT2D eigenvalue weighted by Gasteiger charge is -2.22. The van der Waals surface area contributed by atoms with Crippen LogP contribution in [0.2, 0.25) is 0 Å². The molecule has 0 aliphatic carbocycles. The van der Waals surface area contributed by atoms with Crippen molar-refractivity contribution in [2.45, 2.75) is 19.5 Å². The predicted octanol–water partition coefficient (Wildman–Crippen LogP) is 1.93. The van der Waals surface area contributed by atoms with Crippen LogP contribution in [0.1, 0.15) is 27.0 Å². The number of hydrogen-bond donors (Lipinski definition) is 2. The number of nitrogens with zero attached hydrogens (tertiary/aromatic N) is 1. The smallest absolute Gasteiger partial charge is 0.253 e. The predicted molar refractivity (Wildman–Crippen MR) is 92.1 cm³/mol. The Hall–Kier alpha value is -2.17. The average molecular weight is 309 g/mol. The molecular weight excluding hydrogens is 286 g/mol. The first kappa shape index (κ1) is 15.7. The van der Waals surface area contributed by atoms with Crippen molar-refractivity contribution in [1.29, 1.82) is 0 Å². The molecule has 3 N–H and O–H groups in total. The molecule has 0 radical (unpaired) electrons. The third-order valence-corrected chi connectivity index (χ3v) is 4.28. The summed E-state index contributed by atoms with van der Waals surface area (Å²) in [7, 11) is 0. The molecule has 1 amide bonds. The van der Waals surface area contributed by atoms with Crippen molar-refractivity contribution >= 4 is 5.91 Å². The van der Waals surface area contributed by atoms with Crippen molar-refractivity contribution < 1.29 is 4.79 Å². The minimum Gasteiger partial charge on any atom is -0.337 e. The third-order valence-electron chi connectivity index (χ3n) is 4.28. The van der Waals surface area contributed by atoms with E-state index in [4.69, 9.17) is 5.73 Å². The molecule has 0 saturated carbocycles. The van der Waals surface area contributed by atoms with Crippen LogP contribution in [-0.2, 0) is 19.5 Å². The zero-order valence-corrected chi connectivity index (χ0v) is 13.3. The highest BCUT2D eigenvalue weighted by Gasteiger charge is 2.18. The second kappa shape index (κ2) is 7.40. The van der Waals surface area contributed by atoms with E-state index >= 15 is 0 Å². The van der Waals surface area contributed by atoms with Gasteiger partial charge in [-0.3, -0.25) is 4.79 Å². The fourth-order valence-corrected chi connectivity index (χ4v) is 2.99. The van der Waals surface area contributed by atoms with Gasteiger partial charge in [0.2, 0.25) is 0 Å². The van der Waals surface area contributed by atoms with E-state index in [1.165, 1.54) is 16.7 Å². The Balaban J connectivity index is 1.71. The first-order valence-corrected chi connectivity index (χ1v) is 8.13. The van der Waals surface area contributed by atoms with Gasteiger partial charge in [0.25, 0.3) is 5.91 Å². The summed E-state index contributed by atoms with van der Waals surface area (Å²) in [5, 5.41) is 3.31. The topological polar surface area (TPSA) is 58.4 Å². The summed E-state index contributed by atoms with van der Waals surface area (Å²) < 4.78 is 0. The maximum absolute atomic E-state index is 12.8. The Labute approximate surface area is 137 Å². The molecule has 23 heavy (non-hydrogen) atoms. The molecule has 1 aliphatic heterocycles. The maximum Gasteiger partial charge on any atom is 0.253 e. The minimum absolute atomic E-state index is 0.0704. The van der Waals surface area contributed by atoms with Gasteiger partial charge in [-0.25, -0.2) is 0 Å². The highest BCUT2D eigenvalue weighted by Crippen LogP contribution is 2.18. The van der Waals surface area contributed by atoms with Crippen LogP contribution in [0.25, 0.3) is 0 Å². The molecule has 1 aliphatic rings. The van der Waals surface area contributed by atoms with Gasteiger partial charge in [0.1, 0.15) is 0 Å². The zero-order chi connectivity index (χ0) is 16.1. The van der Waals surface area contributed by atoms with Gasteiger partial charge in [0.15, 0.2) is 0 Å². The number of amides is 1. The van der Waals surface area contributed by atoms with Crippen LogP contribution >= 0.6 is 0 Å². The van der Waals surface area contributed by atoms with E-state index in [2.05, 4.69) is 23.5 Å². The molecule has 0 bridgehead atoms. The molecule has 3 rings (SSSR count). The molecular formula is C19H23N3O. The number of carbonyl (C=O) groups is 1. The fraction of sp³-hybridized carbons (Fsp3) is 0.316. The molecule has 0 saturated heterocycles. The van der Waals surface area contributed by atoms with Crippen LogP contribution in [0.5, 0.6) is 0 Å². The molecule has 2 aromatic rings. The summed E-state index contributed by atoms with van der Waals surface area (Å²) in [6.07, 6.45) is 0.846. The SMILES string of the molecule is NCCN(CCc1ccccc1)C(=O)c1ccc2c(c1)CNC2. The molecule has 0 spiro atoms. The monoisotopic (exact) mass is 309 g/mol. The Morgan fingerprint density at radius 2 is 1.83 bits per heavy atom. The number of fused-ring (bicyclic) bond motifs is 1. The molecule has 0 atom stereocenters. The first-order valence-electron chi connectivity index (χ1n) is 8.13. The third kappa shape index (κ3) is 3.78. The molecule has 1 heterocycles. The number of rotatable bonds is 6. The average Bonchev–Trinajstić information content (AvgIpc) is 3.06. The van der Waals surface area contributed by atoms with Gasteiger partial charge in [0.05, 0.1) is 0 Å². The highest BCUT2D eigenvalue weighted by molar-refractivity contribution is 5.94. The van der Waals surface area contributed by atoms with Gasteiger partial charge in [-0.2, -0.15) is 0 Å². The normalized spacial score (nSPS) is 12.9. The van der Waals surface area contributed by atoms with Crippen molar-refractivity contribution in [2.24, 2.45) is 5.73 Å². The van der Waals surface area contributed by atoms with Crippen LogP contribution in [-0.4, -0.2) is 30.4 Å². The van der Waals surface area contributed by atoms with Gasteiger partial charge >= 0.3 is 0 Å². The quantitative estimate of drug-likeness (QED) is 0.857. The van der Waals surface area contributed by atoms with E-state index in [1.54, 1.807) is 0 Å². The number of nitrogens with one attached hydrogen (secondary N) is 1. The van der Waals surface area contributed by atoms with Crippen LogP contribution < -0.4 is 11.1 Å². The molecule has 4 nitrogen and oxygen atoms in total. The largest absolute Gasteiger partial charge is 0.337 e. The van der Waals surface area contributed by atoms with E-state index in [1.807, 2.05) is 35.2 Å². The van der Waals surface area contributed by atoms with Crippen molar-refractivity contribution in [1.82, 2.24) is 10.2 Å². The number of nitrogens with two attached hydrogens (primary N) is 1. The minimum atomic E-state index is 0.0704. The second-order valence-electron chi connectivity index (χ2n) is 5.90. The van der Waals surface area contributed by atoms with E-state index in [9.17, 15) is 4.79 Å². The summed E-state index contributed by atoms with van der Waals surface area (Å²) >= 11 is 0. The molecule has 120 valence electrons. The lowest BCUT2D eigenvalue weighted by Crippen LogP contribution is -2.37. The molecule has 4 heteroatoms. The summed E-state index contributed by atoms with van der Waals surface area (Å²) in [5.74, 6) is 0.0704. The molecule has 0 aromatic heterocycles. The standard InChI is InChI=1S/C19H23N3O/c20-9-11-22(10-8-15-4-2-1-3-5-15)19(23)16-6-7-17-13-21-14-18(17)12-16/h1-7,12,21H,8-11,13-14,20H2. The van der Waals surface area contributed by atoms with Crippen LogP contribution in [0.3, 0.4) is 0 Å². The Bertz CT molecular complexity index is 670. The van der Waals surface area contributed by atoms with Gasteiger partial charge in [-0.05, 0) is 35.2 Å². The van der Waals surface area contributed by atoms with Crippen molar-refractivity contribution in [2.75, 3.05) is 19.6 Å². The molecule has 0 fully saturated rings. The van der Waals surface area contributed by atoms with E-state index < -0.39 is 0 Å². The van der Waals surface area contributed by atoms with Gasteiger partial charge in [-0.1, -0.05) is 36.4 Å². The van der Waals surface area contributed by atoms with Crippen molar-refractivity contribution in [3.8, 4) is 0 Å². The van der Waals surface area contributed by atoms with Crippen LogP contribution in [0.4, 0.5) is 0 Å². The van der Waals surface area contributed by atoms with Crippen LogP contribution in [0.15, 0.2) is 48.5 Å². The summed E-state index contributed by atoms with van der Waals surface area (Å²) in [6.45, 7) is 3.49. The fourth-order valence-electron chi connectivity index (χ4n) is 2.99. The molecule has 0 unspecified atom stereocenters. The Morgan fingerprint density at radius 3 is 2.61 bits per heavy atom. The van der Waals surface area contributed by atoms with Crippen molar-refractivity contribution in [3.63, 3.8) is 0 Å². The summed E-state index contributed by atoms with van der Waals surface area (Å²) in [5.41, 5.74) is 10.2. The Morgan fingerprint density at radius 1 is 1.04 bits per heavy atom. The summed E-state index contributed by atoms with van der Waals surface area (Å²) in [6, 6.07) is 16.2. The van der Waals surface area contributed by atoms with Crippen LogP contribution in [0, 0.1) is 0 Å². The summed E-state index contributed by atoms with van der Waals surface area (Å²) in [4.78, 5) is 14.7. The van der Waals surface area contributed by atoms with E-state index in [0.717, 1.165) is 25.1 Å². The van der Waals surface area contributed by atoms with Gasteiger partial charge in [-0.15, -0.1) is 0 Å². The highest BCUT2D eigenvalue weighted by atomic mass is 16.2. The zero-order valence-electron chi connectivity index (χ0n) is 13.3. The van der Waals surface area contributed by atoms with Crippen molar-refractivity contribution in [3.05, 3.63) is 70.8 Å². The van der Waals surface area contributed by atoms with Gasteiger partial charge < -0.3 is 16.0 Å². The molecule has 2 aromatic carbocycles. The number of carbonyl (C=O) groups excluding carboxylic acids is 1. The van der Waals surface area contributed by atoms with E-state index in [0.29, 0.717) is 19.6 Å². The maximum atomic E-state index is 12.8. The lowest BCUT2D eigenvalue weighted by molar-refractivity contribution is 0.0762. The lowest BCUT2D eigenvalue weighted by atomic mass is 10.1. The number of benzene rings is 2. The van der Waals surface area contributed by atoms with E-state index in [-0.39, 0.29) is 5.91 Å². The van der Waals surface area contributed by atoms with Gasteiger partial charge in [0, 0.05) is 38.3 Å². The number of hydrogen-bond acceptors (Lipinski definition) is 3. The Kier molecular flexibility index (Phi) is 5.05.